The van der Waals surface area contributed by atoms with Crippen LogP contribution in [0.1, 0.15) is 28.0 Å². The van der Waals surface area contributed by atoms with Gasteiger partial charge >= 0.3 is 0 Å². The molecular weight excluding hydrogens is 295 g/mol. The molecule has 1 amide bonds. The van der Waals surface area contributed by atoms with E-state index >= 15 is 0 Å². The fourth-order valence-electron chi connectivity index (χ4n) is 2.39. The van der Waals surface area contributed by atoms with Crippen molar-refractivity contribution in [3.63, 3.8) is 0 Å². The molecule has 0 unspecified atom stereocenters. The number of aryl methyl sites for hydroxylation is 2. The van der Waals surface area contributed by atoms with Gasteiger partial charge in [0.05, 0.1) is 0 Å². The Morgan fingerprint density at radius 3 is 3.04 bits per heavy atom. The zero-order chi connectivity index (χ0) is 16.2. The van der Waals surface area contributed by atoms with Crippen molar-refractivity contribution in [2.45, 2.75) is 19.8 Å². The quantitative estimate of drug-likeness (QED) is 0.737. The van der Waals surface area contributed by atoms with Gasteiger partial charge in [-0.3, -0.25) is 14.2 Å². The van der Waals surface area contributed by atoms with Crippen LogP contribution in [0.3, 0.4) is 0 Å². The second-order valence-electron chi connectivity index (χ2n) is 5.40. The molecule has 0 aromatic carbocycles. The molecule has 0 radical (unpaired) electrons. The summed E-state index contributed by atoms with van der Waals surface area (Å²) in [5.41, 5.74) is 2.34. The molecule has 23 heavy (non-hydrogen) atoms. The van der Waals surface area contributed by atoms with E-state index in [9.17, 15) is 9.18 Å². The summed E-state index contributed by atoms with van der Waals surface area (Å²) in [7, 11) is 0. The summed E-state index contributed by atoms with van der Waals surface area (Å²) >= 11 is 0. The zero-order valence-electron chi connectivity index (χ0n) is 12.8. The highest BCUT2D eigenvalue weighted by Gasteiger charge is 2.18. The molecule has 0 aliphatic rings. The van der Waals surface area contributed by atoms with Crippen molar-refractivity contribution < 1.29 is 9.18 Å². The lowest BCUT2D eigenvalue weighted by molar-refractivity contribution is 0.0944. The molecule has 0 spiro atoms. The van der Waals surface area contributed by atoms with Crippen molar-refractivity contribution in [1.82, 2.24) is 19.7 Å². The highest BCUT2D eigenvalue weighted by Crippen LogP contribution is 2.12. The molecular formula is C17H17FN4O. The van der Waals surface area contributed by atoms with Crippen LogP contribution in [0.5, 0.6) is 0 Å². The highest BCUT2D eigenvalue weighted by molar-refractivity contribution is 5.93. The monoisotopic (exact) mass is 312 g/mol. The first-order chi connectivity index (χ1) is 11.1. The van der Waals surface area contributed by atoms with Crippen LogP contribution >= 0.6 is 0 Å². The molecule has 3 rings (SSSR count). The second kappa shape index (κ2) is 6.56. The Morgan fingerprint density at radius 2 is 2.26 bits per heavy atom. The Morgan fingerprint density at radius 1 is 1.39 bits per heavy atom. The molecule has 3 aromatic rings. The van der Waals surface area contributed by atoms with E-state index in [1.807, 2.05) is 19.1 Å². The van der Waals surface area contributed by atoms with E-state index in [0.717, 1.165) is 24.0 Å². The summed E-state index contributed by atoms with van der Waals surface area (Å²) in [5.74, 6) is -1.13. The van der Waals surface area contributed by atoms with E-state index < -0.39 is 11.9 Å². The topological polar surface area (TPSA) is 59.3 Å². The van der Waals surface area contributed by atoms with E-state index in [1.54, 1.807) is 30.7 Å². The van der Waals surface area contributed by atoms with Crippen LogP contribution in [-0.4, -0.2) is 26.8 Å². The van der Waals surface area contributed by atoms with Gasteiger partial charge in [0.2, 0.25) is 5.95 Å². The maximum Gasteiger partial charge on any atom is 0.274 e. The fourth-order valence-corrected chi connectivity index (χ4v) is 2.39. The van der Waals surface area contributed by atoms with E-state index in [-0.39, 0.29) is 5.69 Å². The van der Waals surface area contributed by atoms with Crippen LogP contribution in [0.15, 0.2) is 42.9 Å². The molecule has 0 bridgehead atoms. The van der Waals surface area contributed by atoms with Crippen molar-refractivity contribution >= 4 is 11.6 Å². The van der Waals surface area contributed by atoms with E-state index in [4.69, 9.17) is 0 Å². The summed E-state index contributed by atoms with van der Waals surface area (Å²) in [4.78, 5) is 20.2. The number of carbonyl (C=O) groups excluding carboxylic acids is 1. The van der Waals surface area contributed by atoms with Crippen LogP contribution < -0.4 is 5.32 Å². The highest BCUT2D eigenvalue weighted by atomic mass is 19.1. The van der Waals surface area contributed by atoms with Crippen LogP contribution in [-0.2, 0) is 6.42 Å². The Kier molecular flexibility index (Phi) is 4.32. The van der Waals surface area contributed by atoms with Gasteiger partial charge in [0.15, 0.2) is 5.69 Å². The number of hydrogen-bond donors (Lipinski definition) is 1. The number of nitrogens with one attached hydrogen (secondary N) is 1. The lowest BCUT2D eigenvalue weighted by atomic mass is 10.1. The maximum atomic E-state index is 14.2. The number of carbonyl (C=O) groups is 1. The third-order valence-corrected chi connectivity index (χ3v) is 3.59. The molecule has 0 atom stereocenters. The Labute approximate surface area is 133 Å². The number of nitrogens with zero attached hydrogens (tertiary/aromatic N) is 3. The molecule has 6 heteroatoms. The number of fused-ring (bicyclic) bond motifs is 1. The number of halogens is 1. The van der Waals surface area contributed by atoms with E-state index in [1.165, 1.54) is 4.40 Å². The van der Waals surface area contributed by atoms with Crippen LogP contribution in [0.2, 0.25) is 0 Å². The summed E-state index contributed by atoms with van der Waals surface area (Å²) < 4.78 is 15.5. The minimum atomic E-state index is -0.634. The third kappa shape index (κ3) is 3.36. The molecule has 1 N–H and O–H groups in total. The van der Waals surface area contributed by atoms with Gasteiger partial charge in [-0.15, -0.1) is 0 Å². The van der Waals surface area contributed by atoms with Gasteiger partial charge in [0.1, 0.15) is 5.65 Å². The molecule has 0 saturated carbocycles. The SMILES string of the molecule is Cc1ccn2c(F)c(C(=O)NCCCc3cccnc3)nc2c1. The molecule has 3 heterocycles. The number of rotatable bonds is 5. The van der Waals surface area contributed by atoms with Gasteiger partial charge in [-0.05, 0) is 49.1 Å². The minimum absolute atomic E-state index is 0.169. The number of aromatic nitrogens is 3. The zero-order valence-corrected chi connectivity index (χ0v) is 12.8. The third-order valence-electron chi connectivity index (χ3n) is 3.59. The number of amides is 1. The van der Waals surface area contributed by atoms with Crippen molar-refractivity contribution in [1.29, 1.82) is 0 Å². The van der Waals surface area contributed by atoms with Gasteiger partial charge in [0, 0.05) is 25.1 Å². The van der Waals surface area contributed by atoms with Crippen LogP contribution in [0.4, 0.5) is 4.39 Å². The molecule has 0 fully saturated rings. The van der Waals surface area contributed by atoms with Gasteiger partial charge in [-0.1, -0.05) is 6.07 Å². The lowest BCUT2D eigenvalue weighted by Gasteiger charge is -2.03. The number of imidazole rings is 1. The normalized spacial score (nSPS) is 10.9. The van der Waals surface area contributed by atoms with E-state index in [0.29, 0.717) is 12.2 Å². The predicted molar refractivity (Wildman–Crippen MR) is 84.8 cm³/mol. The number of pyridine rings is 2. The smallest absolute Gasteiger partial charge is 0.274 e. The van der Waals surface area contributed by atoms with Gasteiger partial charge in [-0.2, -0.15) is 4.39 Å². The van der Waals surface area contributed by atoms with Crippen molar-refractivity contribution in [3.8, 4) is 0 Å². The second-order valence-corrected chi connectivity index (χ2v) is 5.40. The van der Waals surface area contributed by atoms with Gasteiger partial charge < -0.3 is 5.32 Å². The van der Waals surface area contributed by atoms with Gasteiger partial charge in [-0.25, -0.2) is 4.98 Å². The molecule has 0 aliphatic carbocycles. The minimum Gasteiger partial charge on any atom is -0.351 e. The van der Waals surface area contributed by atoms with Crippen molar-refractivity contribution in [3.05, 3.63) is 65.6 Å². The standard InChI is InChI=1S/C17H17FN4O/c1-12-6-9-22-14(10-12)21-15(16(22)18)17(23)20-8-3-5-13-4-2-7-19-11-13/h2,4,6-7,9-11H,3,5,8H2,1H3,(H,20,23). The fraction of sp³-hybridized carbons (Fsp3) is 0.235. The predicted octanol–water partition coefficient (Wildman–Crippen LogP) is 2.54. The van der Waals surface area contributed by atoms with Crippen molar-refractivity contribution in [2.24, 2.45) is 0 Å². The lowest BCUT2D eigenvalue weighted by Crippen LogP contribution is -2.26. The molecule has 118 valence electrons. The Balaban J connectivity index is 1.61. The molecule has 3 aromatic heterocycles. The first-order valence-electron chi connectivity index (χ1n) is 7.46. The largest absolute Gasteiger partial charge is 0.351 e. The van der Waals surface area contributed by atoms with Crippen LogP contribution in [0, 0.1) is 12.9 Å². The summed E-state index contributed by atoms with van der Waals surface area (Å²) in [5, 5.41) is 2.71. The first-order valence-corrected chi connectivity index (χ1v) is 7.46. The Bertz CT molecular complexity index is 829. The van der Waals surface area contributed by atoms with Crippen molar-refractivity contribution in [2.75, 3.05) is 6.54 Å². The first kappa shape index (κ1) is 15.1. The van der Waals surface area contributed by atoms with E-state index in [2.05, 4.69) is 15.3 Å². The average molecular weight is 312 g/mol. The Hall–Kier alpha value is -2.76. The van der Waals surface area contributed by atoms with Crippen LogP contribution in [0.25, 0.3) is 5.65 Å². The average Bonchev–Trinajstić information content (AvgIpc) is 2.88. The summed E-state index contributed by atoms with van der Waals surface area (Å²) in [6, 6.07) is 7.37. The summed E-state index contributed by atoms with van der Waals surface area (Å²) in [6.45, 7) is 2.35. The molecule has 0 aliphatic heterocycles. The molecule has 5 nitrogen and oxygen atoms in total. The number of hydrogen-bond acceptors (Lipinski definition) is 3. The molecule has 0 saturated heterocycles. The maximum absolute atomic E-state index is 14.2. The van der Waals surface area contributed by atoms with Gasteiger partial charge in [0.25, 0.3) is 5.91 Å². The summed E-state index contributed by atoms with van der Waals surface area (Å²) in [6.07, 6.45) is 6.66.